The van der Waals surface area contributed by atoms with Gasteiger partial charge in [-0.05, 0) is 18.8 Å². The highest BCUT2D eigenvalue weighted by Gasteiger charge is 2.18. The van der Waals surface area contributed by atoms with Crippen LogP contribution in [0.1, 0.15) is 26.7 Å². The van der Waals surface area contributed by atoms with Crippen molar-refractivity contribution in [1.82, 2.24) is 0 Å². The summed E-state index contributed by atoms with van der Waals surface area (Å²) in [6.07, 6.45) is 2.58. The molecule has 0 amide bonds. The van der Waals surface area contributed by atoms with E-state index in [1.807, 2.05) is 0 Å². The highest BCUT2D eigenvalue weighted by Crippen LogP contribution is 2.27. The SMILES string of the molecule is CC(C)[C@H](N)C#CC1CC1. The summed E-state index contributed by atoms with van der Waals surface area (Å²) in [5, 5.41) is 0. The molecule has 10 heavy (non-hydrogen) atoms. The normalized spacial score (nSPS) is 20.0. The molecule has 1 aliphatic carbocycles. The Kier molecular flexibility index (Phi) is 2.34. The fourth-order valence-electron chi connectivity index (χ4n) is 0.608. The Balaban J connectivity index is 2.29. The van der Waals surface area contributed by atoms with Crippen LogP contribution in [0, 0.1) is 23.7 Å². The van der Waals surface area contributed by atoms with E-state index in [4.69, 9.17) is 5.73 Å². The molecular weight excluding hydrogens is 122 g/mol. The first-order valence-corrected chi connectivity index (χ1v) is 3.97. The van der Waals surface area contributed by atoms with Crippen LogP contribution in [0.4, 0.5) is 0 Å². The molecule has 1 nitrogen and oxygen atoms in total. The summed E-state index contributed by atoms with van der Waals surface area (Å²) in [4.78, 5) is 0. The largest absolute Gasteiger partial charge is 0.317 e. The van der Waals surface area contributed by atoms with E-state index < -0.39 is 0 Å². The molecular formula is C9H15N. The molecule has 2 N–H and O–H groups in total. The van der Waals surface area contributed by atoms with E-state index in [0.29, 0.717) is 11.8 Å². The smallest absolute Gasteiger partial charge is 0.0687 e. The van der Waals surface area contributed by atoms with Gasteiger partial charge >= 0.3 is 0 Å². The Hall–Kier alpha value is -0.480. The van der Waals surface area contributed by atoms with Crippen molar-refractivity contribution in [1.29, 1.82) is 0 Å². The standard InChI is InChI=1S/C9H15N/c1-7(2)9(10)6-5-8-3-4-8/h7-9H,3-4,10H2,1-2H3/t9-/m1/s1. The maximum atomic E-state index is 5.72. The highest BCUT2D eigenvalue weighted by atomic mass is 14.6. The van der Waals surface area contributed by atoms with Gasteiger partial charge in [0.15, 0.2) is 0 Å². The molecule has 0 aromatic rings. The Labute approximate surface area is 63.0 Å². The molecule has 1 rings (SSSR count). The van der Waals surface area contributed by atoms with Crippen molar-refractivity contribution in [3.8, 4) is 11.8 Å². The van der Waals surface area contributed by atoms with Crippen LogP contribution >= 0.6 is 0 Å². The van der Waals surface area contributed by atoms with Crippen LogP contribution in [0.15, 0.2) is 0 Å². The van der Waals surface area contributed by atoms with Crippen molar-refractivity contribution in [2.24, 2.45) is 17.6 Å². The van der Waals surface area contributed by atoms with E-state index >= 15 is 0 Å². The summed E-state index contributed by atoms with van der Waals surface area (Å²) in [5.41, 5.74) is 5.72. The first-order valence-electron chi connectivity index (χ1n) is 3.97. The third kappa shape index (κ3) is 2.41. The van der Waals surface area contributed by atoms with Crippen molar-refractivity contribution in [3.05, 3.63) is 0 Å². The van der Waals surface area contributed by atoms with Crippen LogP contribution in [0.5, 0.6) is 0 Å². The van der Waals surface area contributed by atoms with Gasteiger partial charge in [-0.2, -0.15) is 0 Å². The zero-order valence-corrected chi connectivity index (χ0v) is 6.72. The predicted octanol–water partition coefficient (Wildman–Crippen LogP) is 1.38. The van der Waals surface area contributed by atoms with Gasteiger partial charge in [0.05, 0.1) is 6.04 Å². The van der Waals surface area contributed by atoms with Crippen molar-refractivity contribution in [2.75, 3.05) is 0 Å². The molecule has 0 aromatic heterocycles. The van der Waals surface area contributed by atoms with Gasteiger partial charge in [-0.15, -0.1) is 0 Å². The Morgan fingerprint density at radius 2 is 2.00 bits per heavy atom. The molecule has 1 atom stereocenters. The topological polar surface area (TPSA) is 26.0 Å². The fraction of sp³-hybridized carbons (Fsp3) is 0.778. The second-order valence-corrected chi connectivity index (χ2v) is 3.33. The van der Waals surface area contributed by atoms with Gasteiger partial charge in [0, 0.05) is 5.92 Å². The minimum Gasteiger partial charge on any atom is -0.317 e. The Morgan fingerprint density at radius 3 is 2.40 bits per heavy atom. The zero-order chi connectivity index (χ0) is 7.56. The third-order valence-corrected chi connectivity index (χ3v) is 1.75. The second kappa shape index (κ2) is 3.07. The van der Waals surface area contributed by atoms with Gasteiger partial charge in [-0.25, -0.2) is 0 Å². The molecule has 0 aliphatic heterocycles. The number of hydrogen-bond acceptors (Lipinski definition) is 1. The predicted molar refractivity (Wildman–Crippen MR) is 43.3 cm³/mol. The molecule has 0 unspecified atom stereocenters. The minimum absolute atomic E-state index is 0.0839. The Morgan fingerprint density at radius 1 is 1.40 bits per heavy atom. The average molecular weight is 137 g/mol. The summed E-state index contributed by atoms with van der Waals surface area (Å²) in [6.45, 7) is 4.21. The van der Waals surface area contributed by atoms with E-state index in [0.717, 1.165) is 0 Å². The molecule has 0 radical (unpaired) electrons. The van der Waals surface area contributed by atoms with E-state index in [-0.39, 0.29) is 6.04 Å². The van der Waals surface area contributed by atoms with E-state index in [1.54, 1.807) is 0 Å². The summed E-state index contributed by atoms with van der Waals surface area (Å²) >= 11 is 0. The van der Waals surface area contributed by atoms with Crippen molar-refractivity contribution in [2.45, 2.75) is 32.7 Å². The van der Waals surface area contributed by atoms with Gasteiger partial charge in [0.1, 0.15) is 0 Å². The number of hydrogen-bond donors (Lipinski definition) is 1. The van der Waals surface area contributed by atoms with Crippen LogP contribution in [-0.2, 0) is 0 Å². The Bertz CT molecular complexity index is 157. The first-order chi connectivity index (χ1) is 4.70. The highest BCUT2D eigenvalue weighted by molar-refractivity contribution is 5.14. The average Bonchev–Trinajstić information content (AvgIpc) is 2.64. The van der Waals surface area contributed by atoms with Gasteiger partial charge in [0.2, 0.25) is 0 Å². The maximum absolute atomic E-state index is 5.72. The van der Waals surface area contributed by atoms with Crippen LogP contribution in [0.2, 0.25) is 0 Å². The molecule has 1 heteroatoms. The van der Waals surface area contributed by atoms with Crippen molar-refractivity contribution >= 4 is 0 Å². The zero-order valence-electron chi connectivity index (χ0n) is 6.72. The van der Waals surface area contributed by atoms with Crippen LogP contribution in [-0.4, -0.2) is 6.04 Å². The summed E-state index contributed by atoms with van der Waals surface area (Å²) in [6, 6.07) is 0.0839. The molecule has 1 fully saturated rings. The van der Waals surface area contributed by atoms with Gasteiger partial charge in [-0.1, -0.05) is 25.7 Å². The molecule has 0 heterocycles. The monoisotopic (exact) mass is 137 g/mol. The summed E-state index contributed by atoms with van der Waals surface area (Å²) in [7, 11) is 0. The van der Waals surface area contributed by atoms with Gasteiger partial charge < -0.3 is 5.73 Å². The molecule has 0 aromatic carbocycles. The van der Waals surface area contributed by atoms with E-state index in [1.165, 1.54) is 12.8 Å². The lowest BCUT2D eigenvalue weighted by Gasteiger charge is -2.06. The molecule has 0 bridgehead atoms. The number of rotatable bonds is 1. The molecule has 56 valence electrons. The quantitative estimate of drug-likeness (QED) is 0.543. The summed E-state index contributed by atoms with van der Waals surface area (Å²) < 4.78 is 0. The molecule has 1 aliphatic rings. The minimum atomic E-state index is 0.0839. The van der Waals surface area contributed by atoms with Gasteiger partial charge in [-0.3, -0.25) is 0 Å². The molecule has 1 saturated carbocycles. The van der Waals surface area contributed by atoms with Crippen molar-refractivity contribution < 1.29 is 0 Å². The fourth-order valence-corrected chi connectivity index (χ4v) is 0.608. The molecule has 0 spiro atoms. The lowest BCUT2D eigenvalue weighted by molar-refractivity contribution is 0.584. The van der Waals surface area contributed by atoms with E-state index in [9.17, 15) is 0 Å². The molecule has 0 saturated heterocycles. The lowest BCUT2D eigenvalue weighted by Crippen LogP contribution is -2.23. The third-order valence-electron chi connectivity index (χ3n) is 1.75. The summed E-state index contributed by atoms with van der Waals surface area (Å²) in [5.74, 6) is 7.41. The van der Waals surface area contributed by atoms with E-state index in [2.05, 4.69) is 25.7 Å². The first kappa shape index (κ1) is 7.63. The maximum Gasteiger partial charge on any atom is 0.0687 e. The lowest BCUT2D eigenvalue weighted by atomic mass is 10.1. The van der Waals surface area contributed by atoms with Gasteiger partial charge in [0.25, 0.3) is 0 Å². The van der Waals surface area contributed by atoms with Crippen molar-refractivity contribution in [3.63, 3.8) is 0 Å². The van der Waals surface area contributed by atoms with Crippen LogP contribution < -0.4 is 5.73 Å². The second-order valence-electron chi connectivity index (χ2n) is 3.33. The van der Waals surface area contributed by atoms with Crippen LogP contribution in [0.25, 0.3) is 0 Å². The van der Waals surface area contributed by atoms with Crippen LogP contribution in [0.3, 0.4) is 0 Å². The number of nitrogens with two attached hydrogens (primary N) is 1.